The highest BCUT2D eigenvalue weighted by Gasteiger charge is 2.12. The van der Waals surface area contributed by atoms with Gasteiger partial charge in [0.2, 0.25) is 11.7 Å². The standard InChI is InChI=1S/C22H21NO4S/c1-26-18-10-8-15(12-19(18)27-2)13-21(24)23-14-17-9-11-20(28-17)22(25)16-6-4-3-5-7-16/h3-12H,13-14H2,1-2H3,(H,23,24). The minimum Gasteiger partial charge on any atom is -0.493 e. The van der Waals surface area contributed by atoms with Gasteiger partial charge in [0.25, 0.3) is 0 Å². The van der Waals surface area contributed by atoms with E-state index >= 15 is 0 Å². The average Bonchev–Trinajstić information content (AvgIpc) is 3.21. The zero-order chi connectivity index (χ0) is 19.9. The highest BCUT2D eigenvalue weighted by atomic mass is 32.1. The lowest BCUT2D eigenvalue weighted by atomic mass is 10.1. The average molecular weight is 395 g/mol. The SMILES string of the molecule is COc1ccc(CC(=O)NCc2ccc(C(=O)c3ccccc3)s2)cc1OC. The van der Waals surface area contributed by atoms with E-state index in [0.717, 1.165) is 10.4 Å². The van der Waals surface area contributed by atoms with E-state index in [1.807, 2.05) is 30.3 Å². The smallest absolute Gasteiger partial charge is 0.224 e. The zero-order valence-electron chi connectivity index (χ0n) is 15.7. The van der Waals surface area contributed by atoms with Gasteiger partial charge in [0.1, 0.15) is 0 Å². The number of hydrogen-bond acceptors (Lipinski definition) is 5. The number of carbonyl (C=O) groups is 2. The predicted octanol–water partition coefficient (Wildman–Crippen LogP) is 3.86. The van der Waals surface area contributed by atoms with Crippen LogP contribution in [0.2, 0.25) is 0 Å². The maximum absolute atomic E-state index is 12.5. The van der Waals surface area contributed by atoms with Crippen molar-refractivity contribution in [3.8, 4) is 11.5 Å². The molecule has 144 valence electrons. The summed E-state index contributed by atoms with van der Waals surface area (Å²) in [5.41, 5.74) is 1.50. The van der Waals surface area contributed by atoms with Crippen LogP contribution < -0.4 is 14.8 Å². The Hall–Kier alpha value is -3.12. The monoisotopic (exact) mass is 395 g/mol. The number of rotatable bonds is 8. The van der Waals surface area contributed by atoms with E-state index in [0.29, 0.717) is 28.5 Å². The molecule has 0 fully saturated rings. The van der Waals surface area contributed by atoms with Gasteiger partial charge in [0, 0.05) is 10.4 Å². The van der Waals surface area contributed by atoms with Crippen molar-refractivity contribution in [1.82, 2.24) is 5.32 Å². The normalized spacial score (nSPS) is 10.4. The molecule has 0 aliphatic carbocycles. The summed E-state index contributed by atoms with van der Waals surface area (Å²) in [7, 11) is 3.13. The molecule has 1 amide bonds. The number of ether oxygens (including phenoxy) is 2. The van der Waals surface area contributed by atoms with Gasteiger partial charge >= 0.3 is 0 Å². The number of nitrogens with one attached hydrogen (secondary N) is 1. The summed E-state index contributed by atoms with van der Waals surface area (Å²) in [6.45, 7) is 0.388. The fourth-order valence-electron chi connectivity index (χ4n) is 2.75. The van der Waals surface area contributed by atoms with E-state index in [9.17, 15) is 9.59 Å². The van der Waals surface area contributed by atoms with Gasteiger partial charge in [0.15, 0.2) is 11.5 Å². The van der Waals surface area contributed by atoms with Crippen molar-refractivity contribution in [2.45, 2.75) is 13.0 Å². The van der Waals surface area contributed by atoms with Crippen LogP contribution in [0.3, 0.4) is 0 Å². The summed E-state index contributed by atoms with van der Waals surface area (Å²) in [6.07, 6.45) is 0.238. The molecule has 1 heterocycles. The largest absolute Gasteiger partial charge is 0.493 e. The second-order valence-corrected chi connectivity index (χ2v) is 7.27. The topological polar surface area (TPSA) is 64.6 Å². The molecule has 0 aliphatic rings. The molecule has 6 heteroatoms. The summed E-state index contributed by atoms with van der Waals surface area (Å²) >= 11 is 1.39. The number of thiophene rings is 1. The minimum atomic E-state index is -0.100. The maximum Gasteiger partial charge on any atom is 0.224 e. The van der Waals surface area contributed by atoms with Crippen LogP contribution in [-0.2, 0) is 17.8 Å². The quantitative estimate of drug-likeness (QED) is 0.589. The molecule has 1 N–H and O–H groups in total. The first-order valence-electron chi connectivity index (χ1n) is 8.76. The second kappa shape index (κ2) is 9.19. The summed E-state index contributed by atoms with van der Waals surface area (Å²) in [5, 5.41) is 2.89. The Labute approximate surface area is 167 Å². The van der Waals surface area contributed by atoms with Gasteiger partial charge in [-0.1, -0.05) is 36.4 Å². The summed E-state index contributed by atoms with van der Waals surface area (Å²) in [4.78, 5) is 26.3. The van der Waals surface area contributed by atoms with Crippen LogP contribution in [0.15, 0.2) is 60.7 Å². The van der Waals surface area contributed by atoms with Crippen molar-refractivity contribution >= 4 is 23.0 Å². The number of hydrogen-bond donors (Lipinski definition) is 1. The first-order valence-corrected chi connectivity index (χ1v) is 9.58. The second-order valence-electron chi connectivity index (χ2n) is 6.10. The molecule has 0 saturated carbocycles. The van der Waals surface area contributed by atoms with Gasteiger partial charge in [0.05, 0.1) is 32.1 Å². The lowest BCUT2D eigenvalue weighted by Crippen LogP contribution is -2.24. The fraction of sp³-hybridized carbons (Fsp3) is 0.182. The molecule has 0 unspecified atom stereocenters. The van der Waals surface area contributed by atoms with Crippen LogP contribution in [0.25, 0.3) is 0 Å². The van der Waals surface area contributed by atoms with Crippen molar-refractivity contribution in [2.75, 3.05) is 14.2 Å². The first kappa shape index (κ1) is 19.6. The van der Waals surface area contributed by atoms with Gasteiger partial charge in [-0.05, 0) is 29.8 Å². The molecule has 0 spiro atoms. The van der Waals surface area contributed by atoms with Crippen LogP contribution in [0.4, 0.5) is 0 Å². The van der Waals surface area contributed by atoms with E-state index in [-0.39, 0.29) is 18.1 Å². The molecule has 3 aromatic rings. The third-order valence-electron chi connectivity index (χ3n) is 4.19. The van der Waals surface area contributed by atoms with Crippen LogP contribution in [-0.4, -0.2) is 25.9 Å². The third-order valence-corrected chi connectivity index (χ3v) is 5.28. The summed E-state index contributed by atoms with van der Waals surface area (Å²) in [6, 6.07) is 18.2. The highest BCUT2D eigenvalue weighted by molar-refractivity contribution is 7.14. The number of carbonyl (C=O) groups excluding carboxylic acids is 2. The molecule has 2 aromatic carbocycles. The molecule has 0 bridgehead atoms. The molecular weight excluding hydrogens is 374 g/mol. The van der Waals surface area contributed by atoms with E-state index < -0.39 is 0 Å². The number of ketones is 1. The van der Waals surface area contributed by atoms with Crippen LogP contribution >= 0.6 is 11.3 Å². The van der Waals surface area contributed by atoms with Crippen LogP contribution in [0.5, 0.6) is 11.5 Å². The Morgan fingerprint density at radius 2 is 1.68 bits per heavy atom. The van der Waals surface area contributed by atoms with Crippen molar-refractivity contribution in [3.63, 3.8) is 0 Å². The minimum absolute atomic E-state index is 0.00601. The Bertz CT molecular complexity index is 966. The van der Waals surface area contributed by atoms with Crippen molar-refractivity contribution in [2.24, 2.45) is 0 Å². The molecule has 28 heavy (non-hydrogen) atoms. The molecule has 0 radical (unpaired) electrons. The van der Waals surface area contributed by atoms with Gasteiger partial charge in [-0.2, -0.15) is 0 Å². The van der Waals surface area contributed by atoms with Gasteiger partial charge in [-0.15, -0.1) is 11.3 Å². The molecule has 0 aliphatic heterocycles. The molecule has 5 nitrogen and oxygen atoms in total. The van der Waals surface area contributed by atoms with E-state index in [1.165, 1.54) is 11.3 Å². The summed E-state index contributed by atoms with van der Waals surface area (Å²) < 4.78 is 10.5. The Morgan fingerprint density at radius 3 is 2.39 bits per heavy atom. The number of methoxy groups -OCH3 is 2. The highest BCUT2D eigenvalue weighted by Crippen LogP contribution is 2.27. The zero-order valence-corrected chi connectivity index (χ0v) is 16.5. The van der Waals surface area contributed by atoms with E-state index in [4.69, 9.17) is 9.47 Å². The van der Waals surface area contributed by atoms with Gasteiger partial charge in [-0.25, -0.2) is 0 Å². The lowest BCUT2D eigenvalue weighted by Gasteiger charge is -2.09. The molecular formula is C22H21NO4S. The van der Waals surface area contributed by atoms with Crippen molar-refractivity contribution in [3.05, 3.63) is 81.5 Å². The van der Waals surface area contributed by atoms with Crippen molar-refractivity contribution in [1.29, 1.82) is 0 Å². The van der Waals surface area contributed by atoms with E-state index in [1.54, 1.807) is 44.6 Å². The molecule has 0 atom stereocenters. The number of benzene rings is 2. The first-order chi connectivity index (χ1) is 13.6. The van der Waals surface area contributed by atoms with E-state index in [2.05, 4.69) is 5.32 Å². The third kappa shape index (κ3) is 4.78. The molecule has 3 rings (SSSR count). The Morgan fingerprint density at radius 1 is 0.929 bits per heavy atom. The van der Waals surface area contributed by atoms with Gasteiger partial charge < -0.3 is 14.8 Å². The Balaban J connectivity index is 1.57. The van der Waals surface area contributed by atoms with Gasteiger partial charge in [-0.3, -0.25) is 9.59 Å². The Kier molecular flexibility index (Phi) is 6.45. The molecule has 1 aromatic heterocycles. The lowest BCUT2D eigenvalue weighted by molar-refractivity contribution is -0.120. The fourth-order valence-corrected chi connectivity index (χ4v) is 3.66. The van der Waals surface area contributed by atoms with Crippen LogP contribution in [0.1, 0.15) is 25.7 Å². The van der Waals surface area contributed by atoms with Crippen molar-refractivity contribution < 1.29 is 19.1 Å². The summed E-state index contributed by atoms with van der Waals surface area (Å²) in [5.74, 6) is 1.11. The molecule has 0 saturated heterocycles. The maximum atomic E-state index is 12.5. The number of amides is 1. The predicted molar refractivity (Wildman–Crippen MR) is 109 cm³/mol. The van der Waals surface area contributed by atoms with Crippen LogP contribution in [0, 0.1) is 0 Å².